The second-order valence-corrected chi connectivity index (χ2v) is 13.4. The van der Waals surface area contributed by atoms with Crippen LogP contribution in [0.3, 0.4) is 0 Å². The van der Waals surface area contributed by atoms with Crippen LogP contribution in [0.25, 0.3) is 16.4 Å². The van der Waals surface area contributed by atoms with Gasteiger partial charge in [0.15, 0.2) is 0 Å². The molecule has 6 rings (SSSR count). The fourth-order valence-electron chi connectivity index (χ4n) is 5.63. The van der Waals surface area contributed by atoms with E-state index < -0.39 is 5.97 Å². The summed E-state index contributed by atoms with van der Waals surface area (Å²) >= 11 is 0. The molecule has 0 bridgehead atoms. The third kappa shape index (κ3) is 14.2. The standard InChI is InChI=1S/C35H38NO4.2C7H7.Zr/c1-24(2)27-16-10-17-28(25(3)4)33(27)36-21-12-22-39-32-20-9-8-15-29(32)30-18-11-19-31(34(30)37)35(38)40-23-26-13-6-5-7-14-26;2*1-7-5-3-2-4-6-7;/h5-11,13-20,24-25H,12,21-23H2,1-4H3,(H,37,38);2*2-6H,1H2;/q3*-1;+3. The van der Waals surface area contributed by atoms with Gasteiger partial charge in [-0.25, -0.2) is 4.79 Å². The summed E-state index contributed by atoms with van der Waals surface area (Å²) in [4.78, 5) is 12.8. The van der Waals surface area contributed by atoms with Gasteiger partial charge in [0.2, 0.25) is 0 Å². The first kappa shape index (κ1) is 44.2. The molecule has 6 aromatic rings. The molecule has 55 heavy (non-hydrogen) atoms. The van der Waals surface area contributed by atoms with Crippen LogP contribution in [0.15, 0.2) is 152 Å². The minimum Gasteiger partial charge on any atom is -0.684 e. The summed E-state index contributed by atoms with van der Waals surface area (Å²) in [5.74, 6) is 0.737. The molecule has 0 fully saturated rings. The number of benzene rings is 6. The van der Waals surface area contributed by atoms with Crippen molar-refractivity contribution in [3.63, 3.8) is 0 Å². The number of rotatable bonds is 12. The summed E-state index contributed by atoms with van der Waals surface area (Å²) < 4.78 is 11.6. The van der Waals surface area contributed by atoms with Gasteiger partial charge in [0.25, 0.3) is 0 Å². The van der Waals surface area contributed by atoms with Crippen molar-refractivity contribution in [3.8, 4) is 22.6 Å². The van der Waals surface area contributed by atoms with Crippen LogP contribution >= 0.6 is 0 Å². The van der Waals surface area contributed by atoms with Crippen LogP contribution in [-0.2, 0) is 37.5 Å². The normalized spacial score (nSPS) is 10.2. The van der Waals surface area contributed by atoms with Crippen LogP contribution in [0.1, 0.15) is 84.1 Å². The van der Waals surface area contributed by atoms with Crippen molar-refractivity contribution in [1.82, 2.24) is 0 Å². The van der Waals surface area contributed by atoms with Crippen molar-refractivity contribution in [1.29, 1.82) is 0 Å². The van der Waals surface area contributed by atoms with E-state index in [-0.39, 0.29) is 44.1 Å². The van der Waals surface area contributed by atoms with Gasteiger partial charge >= 0.3 is 32.2 Å². The van der Waals surface area contributed by atoms with Crippen LogP contribution in [0.4, 0.5) is 5.69 Å². The largest absolute Gasteiger partial charge is 3.00 e. The van der Waals surface area contributed by atoms with Crippen LogP contribution in [0.5, 0.6) is 11.5 Å². The SMILES string of the molecule is CC(C)c1cccc(C(C)C)c1[N-]CCCOc1ccccc1-c1cccc(C(=O)OCc2ccccc2)c1O.[CH2-]c1ccccc1.[CH2-]c1ccccc1.[Zr+3]. The Balaban J connectivity index is 0.000000450. The first-order chi connectivity index (χ1) is 26.2. The maximum absolute atomic E-state index is 12.8. The average molecular weight is 810 g/mol. The minimum atomic E-state index is -0.578. The fourth-order valence-corrected chi connectivity index (χ4v) is 5.63. The molecule has 0 saturated heterocycles. The molecule has 6 heteroatoms. The molecule has 281 valence electrons. The number of phenolic OH excluding ortho intramolecular Hbond substituents is 1. The van der Waals surface area contributed by atoms with Gasteiger partial charge in [-0.2, -0.15) is 49.2 Å². The summed E-state index contributed by atoms with van der Waals surface area (Å²) in [5, 5.41) is 16.0. The van der Waals surface area contributed by atoms with E-state index in [9.17, 15) is 9.90 Å². The Morgan fingerprint density at radius 2 is 1.13 bits per heavy atom. The van der Waals surface area contributed by atoms with E-state index in [0.29, 0.717) is 41.9 Å². The molecule has 0 saturated carbocycles. The molecule has 0 amide bonds. The molecule has 6 aromatic carbocycles. The Labute approximate surface area is 347 Å². The second kappa shape index (κ2) is 23.6. The molecule has 0 heterocycles. The molecule has 0 aliphatic carbocycles. The van der Waals surface area contributed by atoms with Crippen molar-refractivity contribution < 1.29 is 45.6 Å². The average Bonchev–Trinajstić information content (AvgIpc) is 3.18. The maximum atomic E-state index is 12.8. The van der Waals surface area contributed by atoms with Crippen molar-refractivity contribution in [2.45, 2.75) is 52.6 Å². The zero-order valence-electron chi connectivity index (χ0n) is 32.5. The summed E-state index contributed by atoms with van der Waals surface area (Å²) in [6.07, 6.45) is 0.746. The van der Waals surface area contributed by atoms with Gasteiger partial charge in [-0.05, 0) is 36.0 Å². The third-order valence-electron chi connectivity index (χ3n) is 8.50. The monoisotopic (exact) mass is 808 g/mol. The van der Waals surface area contributed by atoms with Crippen LogP contribution in [0, 0.1) is 13.8 Å². The van der Waals surface area contributed by atoms with E-state index in [1.54, 1.807) is 18.2 Å². The Morgan fingerprint density at radius 3 is 1.65 bits per heavy atom. The van der Waals surface area contributed by atoms with Gasteiger partial charge in [-0.1, -0.05) is 130 Å². The van der Waals surface area contributed by atoms with Gasteiger partial charge in [0, 0.05) is 11.1 Å². The van der Waals surface area contributed by atoms with Crippen molar-refractivity contribution in [3.05, 3.63) is 204 Å². The Morgan fingerprint density at radius 1 is 0.636 bits per heavy atom. The van der Waals surface area contributed by atoms with E-state index in [2.05, 4.69) is 59.7 Å². The predicted octanol–water partition coefficient (Wildman–Crippen LogP) is 12.9. The van der Waals surface area contributed by atoms with Gasteiger partial charge < -0.3 is 19.9 Å². The summed E-state index contributed by atoms with van der Waals surface area (Å²) in [5.41, 5.74) is 8.02. The quantitative estimate of drug-likeness (QED) is 0.0759. The first-order valence-electron chi connectivity index (χ1n) is 18.4. The topological polar surface area (TPSA) is 69.9 Å². The zero-order valence-corrected chi connectivity index (χ0v) is 34.9. The third-order valence-corrected chi connectivity index (χ3v) is 8.50. The number of carbonyl (C=O) groups excluding carboxylic acids is 1. The number of nitrogens with zero attached hydrogens (tertiary/aromatic N) is 1. The number of ether oxygens (including phenoxy) is 2. The molecule has 1 N–H and O–H groups in total. The molecule has 0 spiro atoms. The maximum Gasteiger partial charge on any atom is 3.00 e. The fraction of sp³-hybridized carbons (Fsp3) is 0.204. The Kier molecular flexibility index (Phi) is 18.9. The van der Waals surface area contributed by atoms with Gasteiger partial charge in [-0.3, -0.25) is 0 Å². The van der Waals surface area contributed by atoms with E-state index in [1.807, 2.05) is 115 Å². The number of hydrogen-bond donors (Lipinski definition) is 1. The van der Waals surface area contributed by atoms with Crippen molar-refractivity contribution >= 4 is 11.7 Å². The van der Waals surface area contributed by atoms with E-state index in [4.69, 9.17) is 14.8 Å². The summed E-state index contributed by atoms with van der Waals surface area (Å²) in [7, 11) is 0. The molecule has 0 aromatic heterocycles. The molecule has 5 nitrogen and oxygen atoms in total. The van der Waals surface area contributed by atoms with Crippen LogP contribution in [-0.4, -0.2) is 24.2 Å². The Bertz CT molecular complexity index is 1930. The van der Waals surface area contributed by atoms with Crippen molar-refractivity contribution in [2.75, 3.05) is 13.2 Å². The first-order valence-corrected chi connectivity index (χ1v) is 18.4. The summed E-state index contributed by atoms with van der Waals surface area (Å²) in [6.45, 7) is 17.5. The number of esters is 1. The van der Waals surface area contributed by atoms with Gasteiger partial charge in [-0.15, -0.1) is 36.5 Å². The van der Waals surface area contributed by atoms with E-state index in [0.717, 1.165) is 28.8 Å². The number of aromatic hydroxyl groups is 1. The Hall–Kier alpha value is -5.19. The second-order valence-electron chi connectivity index (χ2n) is 13.4. The zero-order chi connectivity index (χ0) is 38.7. The molecule has 0 atom stereocenters. The van der Waals surface area contributed by atoms with E-state index >= 15 is 0 Å². The summed E-state index contributed by atoms with van der Waals surface area (Å²) in [6, 6.07) is 48.3. The number of para-hydroxylation sites is 3. The van der Waals surface area contributed by atoms with Crippen LogP contribution < -0.4 is 4.74 Å². The molecule has 0 aliphatic heterocycles. The predicted molar refractivity (Wildman–Crippen MR) is 224 cm³/mol. The number of phenols is 1. The molecular weight excluding hydrogens is 758 g/mol. The van der Waals surface area contributed by atoms with Crippen LogP contribution in [0.2, 0.25) is 0 Å². The van der Waals surface area contributed by atoms with Gasteiger partial charge in [0.1, 0.15) is 23.7 Å². The molecular formula is C49H52NO4Zr. The van der Waals surface area contributed by atoms with E-state index in [1.165, 1.54) is 11.1 Å². The molecule has 0 aliphatic rings. The smallest absolute Gasteiger partial charge is 0.684 e. The molecule has 1 radical (unpaired) electrons. The van der Waals surface area contributed by atoms with Crippen molar-refractivity contribution in [2.24, 2.45) is 0 Å². The molecule has 0 unspecified atom stereocenters. The van der Waals surface area contributed by atoms with Gasteiger partial charge in [0.05, 0.1) is 6.61 Å². The number of carbonyl (C=O) groups is 1. The minimum absolute atomic E-state index is 0. The number of hydrogen-bond acceptors (Lipinski definition) is 4.